The summed E-state index contributed by atoms with van der Waals surface area (Å²) in [6, 6.07) is 2.52. The van der Waals surface area contributed by atoms with Crippen LogP contribution in [0, 0.1) is 10.1 Å². The Labute approximate surface area is 126 Å². The predicted octanol–water partition coefficient (Wildman–Crippen LogP) is 2.08. The molecule has 2 unspecified atom stereocenters. The Kier molecular flexibility index (Phi) is 4.34. The minimum atomic E-state index is -0.650. The normalized spacial score (nSPS) is 22.1. The molecule has 0 aromatic heterocycles. The van der Waals surface area contributed by atoms with Crippen molar-refractivity contribution in [3.05, 3.63) is 32.8 Å². The van der Waals surface area contributed by atoms with E-state index >= 15 is 0 Å². The second kappa shape index (κ2) is 5.87. The molecule has 21 heavy (non-hydrogen) atoms. The first-order valence-corrected chi connectivity index (χ1v) is 6.85. The minimum absolute atomic E-state index is 0.00177. The highest BCUT2D eigenvalue weighted by Crippen LogP contribution is 2.31. The van der Waals surface area contributed by atoms with E-state index in [1.165, 1.54) is 6.07 Å². The summed E-state index contributed by atoms with van der Waals surface area (Å²) in [7, 11) is 0. The number of benzene rings is 1. The van der Waals surface area contributed by atoms with Crippen molar-refractivity contribution < 1.29 is 14.5 Å². The molecule has 1 aromatic rings. The molecule has 1 amide bonds. The van der Waals surface area contributed by atoms with Crippen molar-refractivity contribution in [1.29, 1.82) is 0 Å². The van der Waals surface area contributed by atoms with Gasteiger partial charge < -0.3 is 15.4 Å². The molecule has 1 aromatic carbocycles. The van der Waals surface area contributed by atoms with Crippen molar-refractivity contribution in [2.75, 3.05) is 18.8 Å². The summed E-state index contributed by atoms with van der Waals surface area (Å²) >= 11 is 5.88. The van der Waals surface area contributed by atoms with E-state index in [1.807, 2.05) is 13.8 Å². The maximum Gasteiger partial charge on any atom is 0.294 e. The molecular weight excluding hydrogens is 298 g/mol. The third-order valence-corrected chi connectivity index (χ3v) is 3.57. The van der Waals surface area contributed by atoms with Crippen LogP contribution in [0.1, 0.15) is 24.2 Å². The monoisotopic (exact) mass is 313 g/mol. The number of halogens is 1. The summed E-state index contributed by atoms with van der Waals surface area (Å²) < 4.78 is 5.56. The van der Waals surface area contributed by atoms with Crippen LogP contribution >= 0.6 is 11.6 Å². The van der Waals surface area contributed by atoms with Crippen LogP contribution in [0.3, 0.4) is 0 Å². The van der Waals surface area contributed by atoms with E-state index in [4.69, 9.17) is 22.1 Å². The van der Waals surface area contributed by atoms with Crippen LogP contribution in [-0.4, -0.2) is 41.0 Å². The van der Waals surface area contributed by atoms with E-state index < -0.39 is 4.92 Å². The van der Waals surface area contributed by atoms with E-state index in [-0.39, 0.29) is 40.1 Å². The molecule has 2 rings (SSSR count). The van der Waals surface area contributed by atoms with E-state index in [0.29, 0.717) is 13.1 Å². The number of carbonyl (C=O) groups excluding carboxylic acids is 1. The predicted molar refractivity (Wildman–Crippen MR) is 78.4 cm³/mol. The maximum atomic E-state index is 12.5. The summed E-state index contributed by atoms with van der Waals surface area (Å²) in [5.74, 6) is -0.318. The molecule has 0 spiro atoms. The van der Waals surface area contributed by atoms with Crippen molar-refractivity contribution in [2.24, 2.45) is 0 Å². The first-order chi connectivity index (χ1) is 9.79. The standard InChI is InChI=1S/C13H16ClN3O4/c1-7-5-16(6-8(2)21-7)13(18)9-3-10(14)12(15)11(4-9)17(19)20/h3-4,7-8H,5-6,15H2,1-2H3. The van der Waals surface area contributed by atoms with Crippen LogP contribution in [0.5, 0.6) is 0 Å². The molecule has 2 N–H and O–H groups in total. The Bertz CT molecular complexity index is 583. The Morgan fingerprint density at radius 1 is 1.43 bits per heavy atom. The number of morpholine rings is 1. The molecule has 0 bridgehead atoms. The van der Waals surface area contributed by atoms with E-state index in [0.717, 1.165) is 6.07 Å². The van der Waals surface area contributed by atoms with E-state index in [2.05, 4.69) is 0 Å². The topological polar surface area (TPSA) is 98.7 Å². The number of nitro groups is 1. The second-order valence-corrected chi connectivity index (χ2v) is 5.52. The summed E-state index contributed by atoms with van der Waals surface area (Å²) in [6.07, 6.45) is -0.172. The number of amides is 1. The van der Waals surface area contributed by atoms with Crippen LogP contribution in [0.15, 0.2) is 12.1 Å². The van der Waals surface area contributed by atoms with Crippen LogP contribution in [0.4, 0.5) is 11.4 Å². The maximum absolute atomic E-state index is 12.5. The van der Waals surface area contributed by atoms with E-state index in [1.54, 1.807) is 4.90 Å². The van der Waals surface area contributed by atoms with Crippen LogP contribution < -0.4 is 5.73 Å². The van der Waals surface area contributed by atoms with Gasteiger partial charge in [-0.25, -0.2) is 0 Å². The Morgan fingerprint density at radius 3 is 2.52 bits per heavy atom. The average Bonchev–Trinajstić information content (AvgIpc) is 2.39. The van der Waals surface area contributed by atoms with Crippen LogP contribution in [-0.2, 0) is 4.74 Å². The quantitative estimate of drug-likeness (QED) is 0.512. The lowest BCUT2D eigenvalue weighted by Gasteiger charge is -2.35. The van der Waals surface area contributed by atoms with Gasteiger partial charge in [-0.05, 0) is 19.9 Å². The minimum Gasteiger partial charge on any atom is -0.392 e. The molecule has 1 aliphatic rings. The molecule has 2 atom stereocenters. The lowest BCUT2D eigenvalue weighted by atomic mass is 10.1. The third-order valence-electron chi connectivity index (χ3n) is 3.26. The zero-order valence-corrected chi connectivity index (χ0v) is 12.5. The number of anilines is 1. The van der Waals surface area contributed by atoms with Crippen molar-refractivity contribution in [1.82, 2.24) is 4.90 Å². The van der Waals surface area contributed by atoms with Crippen LogP contribution in [0.2, 0.25) is 5.02 Å². The smallest absolute Gasteiger partial charge is 0.294 e. The zero-order valence-electron chi connectivity index (χ0n) is 11.7. The molecule has 7 nitrogen and oxygen atoms in total. The van der Waals surface area contributed by atoms with Crippen LogP contribution in [0.25, 0.3) is 0 Å². The number of carbonyl (C=O) groups is 1. The molecule has 1 heterocycles. The fourth-order valence-electron chi connectivity index (χ4n) is 2.40. The number of nitrogens with zero attached hydrogens (tertiary/aromatic N) is 2. The van der Waals surface area contributed by atoms with Gasteiger partial charge in [0.15, 0.2) is 0 Å². The first-order valence-electron chi connectivity index (χ1n) is 6.47. The van der Waals surface area contributed by atoms with Crippen molar-refractivity contribution >= 4 is 28.9 Å². The number of nitrogen functional groups attached to an aromatic ring is 1. The number of nitro benzene ring substituents is 1. The number of nitrogens with two attached hydrogens (primary N) is 1. The van der Waals surface area contributed by atoms with Gasteiger partial charge in [0.1, 0.15) is 5.69 Å². The zero-order chi connectivity index (χ0) is 15.7. The summed E-state index contributed by atoms with van der Waals surface area (Å²) in [5.41, 5.74) is 5.21. The Balaban J connectivity index is 2.33. The van der Waals surface area contributed by atoms with Gasteiger partial charge in [-0.3, -0.25) is 14.9 Å². The summed E-state index contributed by atoms with van der Waals surface area (Å²) in [6.45, 7) is 4.60. The molecule has 114 valence electrons. The molecule has 1 fully saturated rings. The molecule has 1 saturated heterocycles. The van der Waals surface area contributed by atoms with Gasteiger partial charge in [0.25, 0.3) is 11.6 Å². The lowest BCUT2D eigenvalue weighted by Crippen LogP contribution is -2.48. The van der Waals surface area contributed by atoms with Gasteiger partial charge in [0.05, 0.1) is 22.2 Å². The number of hydrogen-bond donors (Lipinski definition) is 1. The molecular formula is C13H16ClN3O4. The highest BCUT2D eigenvalue weighted by atomic mass is 35.5. The van der Waals surface area contributed by atoms with Gasteiger partial charge in [-0.2, -0.15) is 0 Å². The molecule has 1 aliphatic heterocycles. The summed E-state index contributed by atoms with van der Waals surface area (Å²) in [5, 5.41) is 11.0. The van der Waals surface area contributed by atoms with Crippen molar-refractivity contribution in [3.8, 4) is 0 Å². The van der Waals surface area contributed by atoms with Gasteiger partial charge in [-0.15, -0.1) is 0 Å². The Hall–Kier alpha value is -1.86. The molecule has 0 saturated carbocycles. The third kappa shape index (κ3) is 3.25. The van der Waals surface area contributed by atoms with Gasteiger partial charge in [0.2, 0.25) is 0 Å². The van der Waals surface area contributed by atoms with Crippen molar-refractivity contribution in [3.63, 3.8) is 0 Å². The lowest BCUT2D eigenvalue weighted by molar-refractivity contribution is -0.383. The SMILES string of the molecule is CC1CN(C(=O)c2cc(Cl)c(N)c([N+](=O)[O-])c2)CC(C)O1. The molecule has 8 heteroatoms. The van der Waals surface area contributed by atoms with E-state index in [9.17, 15) is 14.9 Å². The molecule has 0 radical (unpaired) electrons. The van der Waals surface area contributed by atoms with Gasteiger partial charge >= 0.3 is 0 Å². The second-order valence-electron chi connectivity index (χ2n) is 5.12. The number of hydrogen-bond acceptors (Lipinski definition) is 5. The van der Waals surface area contributed by atoms with Crippen molar-refractivity contribution in [2.45, 2.75) is 26.1 Å². The van der Waals surface area contributed by atoms with Gasteiger partial charge in [-0.1, -0.05) is 11.6 Å². The highest BCUT2D eigenvalue weighted by molar-refractivity contribution is 6.34. The number of ether oxygens (including phenoxy) is 1. The largest absolute Gasteiger partial charge is 0.392 e. The fraction of sp³-hybridized carbons (Fsp3) is 0.462. The fourth-order valence-corrected chi connectivity index (χ4v) is 2.62. The highest BCUT2D eigenvalue weighted by Gasteiger charge is 2.28. The first kappa shape index (κ1) is 15.5. The van der Waals surface area contributed by atoms with Gasteiger partial charge in [0, 0.05) is 24.7 Å². The average molecular weight is 314 g/mol. The molecule has 0 aliphatic carbocycles. The Morgan fingerprint density at radius 2 is 2.00 bits per heavy atom. The summed E-state index contributed by atoms with van der Waals surface area (Å²) in [4.78, 5) is 24.4. The number of rotatable bonds is 2.